The minimum absolute atomic E-state index is 0.00441. The molecule has 0 aliphatic heterocycles. The van der Waals surface area contributed by atoms with Crippen LogP contribution in [0.2, 0.25) is 0 Å². The highest BCUT2D eigenvalue weighted by Gasteiger charge is 2.08. The number of carbonyl (C=O) groups is 1. The molecule has 4 nitrogen and oxygen atoms in total. The Labute approximate surface area is 123 Å². The molecule has 2 rings (SSSR count). The van der Waals surface area contributed by atoms with Crippen LogP contribution in [-0.2, 0) is 4.79 Å². The molecule has 2 aromatic rings. The summed E-state index contributed by atoms with van der Waals surface area (Å²) < 4.78 is 0. The fourth-order valence-corrected chi connectivity index (χ4v) is 2.55. The Morgan fingerprint density at radius 3 is 2.75 bits per heavy atom. The summed E-state index contributed by atoms with van der Waals surface area (Å²) in [6.45, 7) is 4.16. The number of aromatic amines is 1. The number of H-pyrrole nitrogens is 1. The quantitative estimate of drug-likeness (QED) is 0.798. The van der Waals surface area contributed by atoms with Crippen LogP contribution >= 0.6 is 11.8 Å². The summed E-state index contributed by atoms with van der Waals surface area (Å²) in [5.41, 5.74) is 1.03. The minimum Gasteiger partial charge on any atom is -0.309 e. The molecule has 0 saturated carbocycles. The van der Waals surface area contributed by atoms with Crippen LogP contribution in [0, 0.1) is 0 Å². The fourth-order valence-electron chi connectivity index (χ4n) is 1.68. The van der Waals surface area contributed by atoms with Crippen molar-refractivity contribution in [3.8, 4) is 0 Å². The lowest BCUT2D eigenvalue weighted by atomic mass is 10.1. The molecule has 2 N–H and O–H groups in total. The summed E-state index contributed by atoms with van der Waals surface area (Å²) in [4.78, 5) is 13.0. The van der Waals surface area contributed by atoms with Crippen LogP contribution in [0.4, 0.5) is 5.82 Å². The molecule has 1 amide bonds. The van der Waals surface area contributed by atoms with E-state index in [1.54, 1.807) is 11.8 Å². The first kappa shape index (κ1) is 14.7. The second-order valence-corrected chi connectivity index (χ2v) is 5.99. The fraction of sp³-hybridized carbons (Fsp3) is 0.333. The van der Waals surface area contributed by atoms with Gasteiger partial charge in [0.15, 0.2) is 5.82 Å². The molecule has 20 heavy (non-hydrogen) atoms. The molecule has 0 aliphatic carbocycles. The first-order valence-electron chi connectivity index (χ1n) is 6.68. The molecule has 0 fully saturated rings. The second-order valence-electron chi connectivity index (χ2n) is 4.82. The Kier molecular flexibility index (Phi) is 5.24. The summed E-state index contributed by atoms with van der Waals surface area (Å²) >= 11 is 1.68. The SMILES string of the molecule is CC(C)c1cc(NC(=O)CCSc2ccccc2)n[nH]1. The Balaban J connectivity index is 1.75. The first-order valence-corrected chi connectivity index (χ1v) is 7.66. The molecular weight excluding hydrogens is 270 g/mol. The van der Waals surface area contributed by atoms with Gasteiger partial charge in [0.25, 0.3) is 0 Å². The Hall–Kier alpha value is -1.75. The van der Waals surface area contributed by atoms with Crippen molar-refractivity contribution in [3.63, 3.8) is 0 Å². The van der Waals surface area contributed by atoms with E-state index in [0.29, 0.717) is 18.2 Å². The van der Waals surface area contributed by atoms with Crippen molar-refractivity contribution in [2.24, 2.45) is 0 Å². The number of benzene rings is 1. The van der Waals surface area contributed by atoms with Gasteiger partial charge in [-0.2, -0.15) is 5.10 Å². The van der Waals surface area contributed by atoms with E-state index in [2.05, 4.69) is 29.4 Å². The minimum atomic E-state index is -0.00441. The number of nitrogens with one attached hydrogen (secondary N) is 2. The van der Waals surface area contributed by atoms with Gasteiger partial charge in [-0.1, -0.05) is 32.0 Å². The van der Waals surface area contributed by atoms with E-state index >= 15 is 0 Å². The molecule has 0 aliphatic rings. The number of anilines is 1. The standard InChI is InChI=1S/C15H19N3OS/c1-11(2)13-10-14(18-17-13)16-15(19)8-9-20-12-6-4-3-5-7-12/h3-7,10-11H,8-9H2,1-2H3,(H2,16,17,18,19). The molecule has 0 bridgehead atoms. The van der Waals surface area contributed by atoms with Gasteiger partial charge in [-0.15, -0.1) is 11.8 Å². The zero-order valence-corrected chi connectivity index (χ0v) is 12.5. The third-order valence-corrected chi connectivity index (χ3v) is 3.84. The van der Waals surface area contributed by atoms with Crippen LogP contribution in [0.5, 0.6) is 0 Å². The average molecular weight is 289 g/mol. The third-order valence-electron chi connectivity index (χ3n) is 2.83. The van der Waals surface area contributed by atoms with Crippen LogP contribution in [0.1, 0.15) is 31.9 Å². The largest absolute Gasteiger partial charge is 0.309 e. The zero-order chi connectivity index (χ0) is 14.4. The normalized spacial score (nSPS) is 10.8. The van der Waals surface area contributed by atoms with E-state index in [1.165, 1.54) is 4.90 Å². The highest BCUT2D eigenvalue weighted by molar-refractivity contribution is 7.99. The maximum atomic E-state index is 11.8. The van der Waals surface area contributed by atoms with Gasteiger partial charge in [0.05, 0.1) is 0 Å². The summed E-state index contributed by atoms with van der Waals surface area (Å²) in [6, 6.07) is 12.0. The molecule has 0 atom stereocenters. The summed E-state index contributed by atoms with van der Waals surface area (Å²) in [7, 11) is 0. The van der Waals surface area contributed by atoms with Crippen molar-refractivity contribution in [2.45, 2.75) is 31.1 Å². The molecule has 0 saturated heterocycles. The van der Waals surface area contributed by atoms with Gasteiger partial charge in [0.2, 0.25) is 5.91 Å². The van der Waals surface area contributed by atoms with Crippen LogP contribution < -0.4 is 5.32 Å². The van der Waals surface area contributed by atoms with Gasteiger partial charge < -0.3 is 5.32 Å². The van der Waals surface area contributed by atoms with Crippen LogP contribution in [0.25, 0.3) is 0 Å². The maximum absolute atomic E-state index is 11.8. The molecule has 1 heterocycles. The lowest BCUT2D eigenvalue weighted by molar-refractivity contribution is -0.115. The second kappa shape index (κ2) is 7.14. The topological polar surface area (TPSA) is 57.8 Å². The summed E-state index contributed by atoms with van der Waals surface area (Å²) in [6.07, 6.45) is 0.476. The van der Waals surface area contributed by atoms with Gasteiger partial charge in [0, 0.05) is 28.8 Å². The molecule has 1 aromatic heterocycles. The molecular formula is C15H19N3OS. The van der Waals surface area contributed by atoms with Crippen molar-refractivity contribution in [1.29, 1.82) is 0 Å². The zero-order valence-electron chi connectivity index (χ0n) is 11.7. The predicted molar refractivity (Wildman–Crippen MR) is 83.1 cm³/mol. The molecule has 0 radical (unpaired) electrons. The number of rotatable bonds is 6. The molecule has 5 heteroatoms. The van der Waals surface area contributed by atoms with Gasteiger partial charge >= 0.3 is 0 Å². The average Bonchev–Trinajstić information content (AvgIpc) is 2.88. The van der Waals surface area contributed by atoms with Crippen LogP contribution in [-0.4, -0.2) is 21.9 Å². The van der Waals surface area contributed by atoms with Gasteiger partial charge in [0.1, 0.15) is 0 Å². The van der Waals surface area contributed by atoms with Crippen molar-refractivity contribution in [1.82, 2.24) is 10.2 Å². The van der Waals surface area contributed by atoms with E-state index < -0.39 is 0 Å². The van der Waals surface area contributed by atoms with E-state index in [4.69, 9.17) is 0 Å². The lowest BCUT2D eigenvalue weighted by Crippen LogP contribution is -2.12. The number of hydrogen-bond donors (Lipinski definition) is 2. The van der Waals surface area contributed by atoms with Gasteiger partial charge in [-0.3, -0.25) is 9.89 Å². The van der Waals surface area contributed by atoms with Crippen molar-refractivity contribution in [3.05, 3.63) is 42.1 Å². The van der Waals surface area contributed by atoms with Crippen molar-refractivity contribution < 1.29 is 4.79 Å². The number of amides is 1. The monoisotopic (exact) mass is 289 g/mol. The smallest absolute Gasteiger partial charge is 0.226 e. The van der Waals surface area contributed by atoms with Gasteiger partial charge in [-0.05, 0) is 18.1 Å². The van der Waals surface area contributed by atoms with Crippen LogP contribution in [0.15, 0.2) is 41.3 Å². The predicted octanol–water partition coefficient (Wildman–Crippen LogP) is 3.65. The Morgan fingerprint density at radius 2 is 2.10 bits per heavy atom. The number of thioether (sulfide) groups is 1. The Bertz CT molecular complexity index is 551. The van der Waals surface area contributed by atoms with E-state index in [0.717, 1.165) is 11.4 Å². The van der Waals surface area contributed by atoms with Gasteiger partial charge in [-0.25, -0.2) is 0 Å². The number of nitrogens with zero attached hydrogens (tertiary/aromatic N) is 1. The summed E-state index contributed by atoms with van der Waals surface area (Å²) in [5, 5.41) is 9.81. The maximum Gasteiger partial charge on any atom is 0.226 e. The van der Waals surface area contributed by atoms with E-state index in [1.807, 2.05) is 36.4 Å². The molecule has 106 valence electrons. The van der Waals surface area contributed by atoms with Crippen LogP contribution in [0.3, 0.4) is 0 Å². The van der Waals surface area contributed by atoms with Crippen molar-refractivity contribution in [2.75, 3.05) is 11.1 Å². The highest BCUT2D eigenvalue weighted by Crippen LogP contribution is 2.18. The lowest BCUT2D eigenvalue weighted by Gasteiger charge is -2.02. The number of hydrogen-bond acceptors (Lipinski definition) is 3. The molecule has 1 aromatic carbocycles. The molecule has 0 unspecified atom stereocenters. The highest BCUT2D eigenvalue weighted by atomic mass is 32.2. The molecule has 0 spiro atoms. The van der Waals surface area contributed by atoms with E-state index in [-0.39, 0.29) is 5.91 Å². The summed E-state index contributed by atoms with van der Waals surface area (Å²) in [5.74, 6) is 1.73. The first-order chi connectivity index (χ1) is 9.65. The number of carbonyl (C=O) groups excluding carboxylic acids is 1. The third kappa shape index (κ3) is 4.42. The van der Waals surface area contributed by atoms with Crippen molar-refractivity contribution >= 4 is 23.5 Å². The number of aromatic nitrogens is 2. The Morgan fingerprint density at radius 1 is 1.35 bits per heavy atom. The van der Waals surface area contributed by atoms with E-state index in [9.17, 15) is 4.79 Å².